The second kappa shape index (κ2) is 7.52. The number of carbonyl (C=O) groups is 3. The van der Waals surface area contributed by atoms with Gasteiger partial charge in [-0.15, -0.1) is 0 Å². The van der Waals surface area contributed by atoms with E-state index in [9.17, 15) is 24.6 Å². The molecule has 0 saturated carbocycles. The van der Waals surface area contributed by atoms with Gasteiger partial charge in [0.1, 0.15) is 18.1 Å². The van der Waals surface area contributed by atoms with Gasteiger partial charge in [0, 0.05) is 6.54 Å². The summed E-state index contributed by atoms with van der Waals surface area (Å²) in [6, 6.07) is -3.13. The summed E-state index contributed by atoms with van der Waals surface area (Å²) in [7, 11) is 0. The summed E-state index contributed by atoms with van der Waals surface area (Å²) in [5, 5.41) is 21.2. The predicted molar refractivity (Wildman–Crippen MR) is 77.2 cm³/mol. The number of primary amides is 1. The van der Waals surface area contributed by atoms with Crippen LogP contribution in [0.4, 0.5) is 0 Å². The SMILES string of the molecule is CC(O)C(N)C(=O)N1CCC[C@H]1C(=O)NC(C(N)=O)C(C)O. The first-order chi connectivity index (χ1) is 10.2. The van der Waals surface area contributed by atoms with E-state index in [1.807, 2.05) is 0 Å². The maximum Gasteiger partial charge on any atom is 0.243 e. The molecule has 0 aromatic rings. The Kier molecular flexibility index (Phi) is 6.27. The first kappa shape index (κ1) is 18.3. The van der Waals surface area contributed by atoms with Crippen LogP contribution in [0.1, 0.15) is 26.7 Å². The highest BCUT2D eigenvalue weighted by atomic mass is 16.3. The molecule has 1 rings (SSSR count). The van der Waals surface area contributed by atoms with Crippen LogP contribution in [0.15, 0.2) is 0 Å². The van der Waals surface area contributed by atoms with E-state index in [0.717, 1.165) is 0 Å². The van der Waals surface area contributed by atoms with Gasteiger partial charge in [-0.3, -0.25) is 14.4 Å². The molecule has 0 aromatic heterocycles. The first-order valence-corrected chi connectivity index (χ1v) is 7.18. The van der Waals surface area contributed by atoms with Crippen LogP contribution in [-0.2, 0) is 14.4 Å². The van der Waals surface area contributed by atoms with Crippen LogP contribution in [0, 0.1) is 0 Å². The van der Waals surface area contributed by atoms with Crippen molar-refractivity contribution < 1.29 is 24.6 Å². The summed E-state index contributed by atoms with van der Waals surface area (Å²) >= 11 is 0. The molecule has 9 nitrogen and oxygen atoms in total. The van der Waals surface area contributed by atoms with Crippen molar-refractivity contribution in [2.24, 2.45) is 11.5 Å². The van der Waals surface area contributed by atoms with Gasteiger partial charge in [-0.2, -0.15) is 0 Å². The smallest absolute Gasteiger partial charge is 0.243 e. The van der Waals surface area contributed by atoms with Crippen molar-refractivity contribution in [3.63, 3.8) is 0 Å². The number of hydrogen-bond acceptors (Lipinski definition) is 6. The summed E-state index contributed by atoms with van der Waals surface area (Å²) in [5.41, 5.74) is 10.7. The molecule has 1 fully saturated rings. The van der Waals surface area contributed by atoms with E-state index in [4.69, 9.17) is 11.5 Å². The Morgan fingerprint density at radius 2 is 1.82 bits per heavy atom. The molecule has 9 heteroatoms. The van der Waals surface area contributed by atoms with Crippen LogP contribution in [0.2, 0.25) is 0 Å². The lowest BCUT2D eigenvalue weighted by Crippen LogP contribution is -2.58. The van der Waals surface area contributed by atoms with Crippen molar-refractivity contribution in [3.8, 4) is 0 Å². The van der Waals surface area contributed by atoms with E-state index in [1.165, 1.54) is 18.7 Å². The minimum atomic E-state index is -1.23. The van der Waals surface area contributed by atoms with E-state index in [-0.39, 0.29) is 0 Å². The molecule has 4 unspecified atom stereocenters. The van der Waals surface area contributed by atoms with Crippen LogP contribution < -0.4 is 16.8 Å². The third-order valence-corrected chi connectivity index (χ3v) is 3.73. The normalized spacial score (nSPS) is 23.5. The topological polar surface area (TPSA) is 159 Å². The second-order valence-corrected chi connectivity index (χ2v) is 5.59. The zero-order chi connectivity index (χ0) is 17.0. The molecule has 1 saturated heterocycles. The molecule has 0 aromatic carbocycles. The highest BCUT2D eigenvalue weighted by Gasteiger charge is 2.38. The molecule has 0 radical (unpaired) electrons. The molecule has 22 heavy (non-hydrogen) atoms. The number of likely N-dealkylation sites (tertiary alicyclic amines) is 1. The standard InChI is InChI=1S/C13H24N4O5/c1-6(18)9(14)13(22)17-5-3-4-8(17)12(21)16-10(7(2)19)11(15)20/h6-10,18-19H,3-5,14H2,1-2H3,(H2,15,20)(H,16,21)/t6?,7?,8-,9?,10?/m0/s1. The fourth-order valence-corrected chi connectivity index (χ4v) is 2.38. The van der Waals surface area contributed by atoms with Crippen molar-refractivity contribution >= 4 is 17.7 Å². The number of rotatable bonds is 6. The fraction of sp³-hybridized carbons (Fsp3) is 0.769. The van der Waals surface area contributed by atoms with Crippen LogP contribution in [0.5, 0.6) is 0 Å². The summed E-state index contributed by atoms with van der Waals surface area (Å²) in [5.74, 6) is -1.96. The molecule has 1 aliphatic heterocycles. The van der Waals surface area contributed by atoms with Crippen molar-refractivity contribution in [1.82, 2.24) is 10.2 Å². The molecule has 3 amide bonds. The summed E-state index contributed by atoms with van der Waals surface area (Å²) in [6.45, 7) is 3.06. The zero-order valence-corrected chi connectivity index (χ0v) is 12.7. The van der Waals surface area contributed by atoms with Crippen LogP contribution in [0.25, 0.3) is 0 Å². The van der Waals surface area contributed by atoms with Crippen LogP contribution in [-0.4, -0.2) is 69.7 Å². The van der Waals surface area contributed by atoms with E-state index < -0.39 is 48.1 Å². The average Bonchev–Trinajstić information content (AvgIpc) is 2.91. The summed E-state index contributed by atoms with van der Waals surface area (Å²) < 4.78 is 0. The number of aliphatic hydroxyl groups excluding tert-OH is 2. The van der Waals surface area contributed by atoms with E-state index in [2.05, 4.69) is 5.32 Å². The molecular formula is C13H24N4O5. The molecule has 0 bridgehead atoms. The highest BCUT2D eigenvalue weighted by molar-refractivity contribution is 5.93. The van der Waals surface area contributed by atoms with E-state index in [0.29, 0.717) is 19.4 Å². The number of amides is 3. The van der Waals surface area contributed by atoms with Crippen molar-refractivity contribution in [1.29, 1.82) is 0 Å². The lowest BCUT2D eigenvalue weighted by atomic mass is 10.1. The highest BCUT2D eigenvalue weighted by Crippen LogP contribution is 2.19. The summed E-state index contributed by atoms with van der Waals surface area (Å²) in [6.07, 6.45) is -1.17. The number of carbonyl (C=O) groups excluding carboxylic acids is 3. The third kappa shape index (κ3) is 4.15. The minimum absolute atomic E-state index is 0.341. The Labute approximate surface area is 128 Å². The van der Waals surface area contributed by atoms with Crippen molar-refractivity contribution in [3.05, 3.63) is 0 Å². The third-order valence-electron chi connectivity index (χ3n) is 3.73. The number of nitrogens with two attached hydrogens (primary N) is 2. The van der Waals surface area contributed by atoms with Gasteiger partial charge in [0.2, 0.25) is 17.7 Å². The van der Waals surface area contributed by atoms with Gasteiger partial charge < -0.3 is 31.9 Å². The van der Waals surface area contributed by atoms with Gasteiger partial charge in [-0.25, -0.2) is 0 Å². The van der Waals surface area contributed by atoms with Gasteiger partial charge in [-0.1, -0.05) is 0 Å². The monoisotopic (exact) mass is 316 g/mol. The largest absolute Gasteiger partial charge is 0.391 e. The molecule has 1 aliphatic rings. The van der Waals surface area contributed by atoms with Gasteiger partial charge in [-0.05, 0) is 26.7 Å². The predicted octanol–water partition coefficient (Wildman–Crippen LogP) is -2.96. The molecule has 126 valence electrons. The van der Waals surface area contributed by atoms with Crippen LogP contribution in [0.3, 0.4) is 0 Å². The number of nitrogens with zero attached hydrogens (tertiary/aromatic N) is 1. The van der Waals surface area contributed by atoms with Gasteiger partial charge in [0.05, 0.1) is 12.2 Å². The maximum atomic E-state index is 12.2. The lowest BCUT2D eigenvalue weighted by Gasteiger charge is -2.29. The van der Waals surface area contributed by atoms with Crippen molar-refractivity contribution in [2.75, 3.05) is 6.54 Å². The van der Waals surface area contributed by atoms with Crippen LogP contribution >= 0.6 is 0 Å². The average molecular weight is 316 g/mol. The fourth-order valence-electron chi connectivity index (χ4n) is 2.38. The first-order valence-electron chi connectivity index (χ1n) is 7.18. The Balaban J connectivity index is 2.79. The zero-order valence-electron chi connectivity index (χ0n) is 12.7. The number of nitrogens with one attached hydrogen (secondary N) is 1. The summed E-state index contributed by atoms with van der Waals surface area (Å²) in [4.78, 5) is 36.9. The lowest BCUT2D eigenvalue weighted by molar-refractivity contribution is -0.142. The van der Waals surface area contributed by atoms with Crippen molar-refractivity contribution in [2.45, 2.75) is 57.0 Å². The minimum Gasteiger partial charge on any atom is -0.391 e. The second-order valence-electron chi connectivity index (χ2n) is 5.59. The molecule has 7 N–H and O–H groups in total. The quantitative estimate of drug-likeness (QED) is 0.352. The molecule has 0 spiro atoms. The Hall–Kier alpha value is -1.71. The Bertz CT molecular complexity index is 440. The molecular weight excluding hydrogens is 292 g/mol. The van der Waals surface area contributed by atoms with Gasteiger partial charge in [0.25, 0.3) is 0 Å². The van der Waals surface area contributed by atoms with Gasteiger partial charge in [0.15, 0.2) is 0 Å². The molecule has 0 aliphatic carbocycles. The Morgan fingerprint density at radius 1 is 1.23 bits per heavy atom. The maximum absolute atomic E-state index is 12.2. The van der Waals surface area contributed by atoms with E-state index in [1.54, 1.807) is 0 Å². The number of hydrogen-bond donors (Lipinski definition) is 5. The Morgan fingerprint density at radius 3 is 2.27 bits per heavy atom. The molecule has 1 heterocycles. The van der Waals surface area contributed by atoms with E-state index >= 15 is 0 Å². The molecule has 5 atom stereocenters. The number of aliphatic hydroxyl groups is 2. The van der Waals surface area contributed by atoms with Gasteiger partial charge >= 0.3 is 0 Å².